The van der Waals surface area contributed by atoms with Gasteiger partial charge in [0, 0.05) is 68.2 Å². The smallest absolute Gasteiger partial charge is 0.264 e. The molecular weight excluding hydrogens is 414 g/mol. The van der Waals surface area contributed by atoms with Crippen molar-refractivity contribution in [3.8, 4) is 11.1 Å². The van der Waals surface area contributed by atoms with Gasteiger partial charge in [0.2, 0.25) is 5.95 Å². The van der Waals surface area contributed by atoms with Crippen LogP contribution >= 0.6 is 11.6 Å². The number of hydrogen-bond donors (Lipinski definition) is 2. The van der Waals surface area contributed by atoms with Crippen molar-refractivity contribution in [1.82, 2.24) is 29.6 Å². The molecule has 6 rings (SSSR count). The highest BCUT2D eigenvalue weighted by atomic mass is 35.5. The van der Waals surface area contributed by atoms with Gasteiger partial charge in [-0.3, -0.25) is 14.0 Å². The second-order valence-electron chi connectivity index (χ2n) is 8.66. The molecule has 0 saturated carbocycles. The van der Waals surface area contributed by atoms with Crippen LogP contribution in [0.3, 0.4) is 0 Å². The predicted molar refractivity (Wildman–Crippen MR) is 123 cm³/mol. The van der Waals surface area contributed by atoms with Crippen LogP contribution in [-0.4, -0.2) is 50.0 Å². The van der Waals surface area contributed by atoms with Crippen LogP contribution in [0.4, 0.5) is 5.95 Å². The topological polar surface area (TPSA) is 83.8 Å². The molecule has 0 amide bonds. The van der Waals surface area contributed by atoms with Gasteiger partial charge in [0.1, 0.15) is 5.65 Å². The number of nitrogens with one attached hydrogen (secondary N) is 2. The van der Waals surface area contributed by atoms with Crippen LogP contribution in [0.25, 0.3) is 33.1 Å². The molecule has 9 heteroatoms. The molecule has 2 saturated heterocycles. The summed E-state index contributed by atoms with van der Waals surface area (Å²) >= 11 is 6.78. The maximum atomic E-state index is 13.5. The van der Waals surface area contributed by atoms with Crippen molar-refractivity contribution in [1.29, 1.82) is 0 Å². The predicted octanol–water partition coefficient (Wildman–Crippen LogP) is 2.75. The largest absolute Gasteiger partial charge is 0.345 e. The standard InChI is InChI=1S/C22H24ClN7O/c1-3-30-11-16-17(27-30)5-4-14(19(16)23)15-8-25-20-18(15)21(31)28(2)22(26-20)29-9-12-6-13(10-29)24-7-12/h4-5,8,11-13,24-25H,3,6-7,9-10H2,1-2H3/t12-,13-/m0/s1. The molecule has 160 valence electrons. The van der Waals surface area contributed by atoms with Crippen LogP contribution in [0.2, 0.25) is 5.02 Å². The fourth-order valence-corrected chi connectivity index (χ4v) is 5.43. The zero-order valence-corrected chi connectivity index (χ0v) is 18.3. The first-order valence-electron chi connectivity index (χ1n) is 10.8. The van der Waals surface area contributed by atoms with Gasteiger partial charge in [0.05, 0.1) is 15.9 Å². The summed E-state index contributed by atoms with van der Waals surface area (Å²) in [7, 11) is 1.81. The third-order valence-corrected chi connectivity index (χ3v) is 7.10. The van der Waals surface area contributed by atoms with Gasteiger partial charge in [-0.15, -0.1) is 0 Å². The summed E-state index contributed by atoms with van der Waals surface area (Å²) in [6.07, 6.45) is 4.99. The second-order valence-corrected chi connectivity index (χ2v) is 9.04. The van der Waals surface area contributed by atoms with Gasteiger partial charge < -0.3 is 15.2 Å². The van der Waals surface area contributed by atoms with E-state index in [1.165, 1.54) is 6.42 Å². The molecule has 1 aromatic carbocycles. The lowest BCUT2D eigenvalue weighted by Gasteiger charge is -2.32. The maximum Gasteiger partial charge on any atom is 0.264 e. The number of fused-ring (bicyclic) bond motifs is 4. The average molecular weight is 438 g/mol. The summed E-state index contributed by atoms with van der Waals surface area (Å²) in [5.41, 5.74) is 2.95. The van der Waals surface area contributed by atoms with Crippen molar-refractivity contribution in [3.05, 3.63) is 39.9 Å². The summed E-state index contributed by atoms with van der Waals surface area (Å²) in [5, 5.41) is 10.1. The number of rotatable bonds is 3. The highest BCUT2D eigenvalue weighted by Crippen LogP contribution is 2.37. The number of nitrogens with zero attached hydrogens (tertiary/aromatic N) is 5. The van der Waals surface area contributed by atoms with Crippen LogP contribution in [0.5, 0.6) is 0 Å². The molecule has 0 spiro atoms. The zero-order chi connectivity index (χ0) is 21.3. The quantitative estimate of drug-likeness (QED) is 0.515. The molecule has 8 nitrogen and oxygen atoms in total. The van der Waals surface area contributed by atoms with Gasteiger partial charge in [0.25, 0.3) is 5.56 Å². The Morgan fingerprint density at radius 1 is 1.26 bits per heavy atom. The van der Waals surface area contributed by atoms with Crippen molar-refractivity contribution >= 4 is 39.5 Å². The number of piperidine rings is 1. The number of H-pyrrole nitrogens is 1. The van der Waals surface area contributed by atoms with E-state index in [-0.39, 0.29) is 5.56 Å². The highest BCUT2D eigenvalue weighted by Gasteiger charge is 2.34. The Hall–Kier alpha value is -2.84. The highest BCUT2D eigenvalue weighted by molar-refractivity contribution is 6.38. The molecule has 2 fully saturated rings. The molecule has 0 aliphatic carbocycles. The van der Waals surface area contributed by atoms with E-state index in [4.69, 9.17) is 16.6 Å². The minimum atomic E-state index is -0.0671. The van der Waals surface area contributed by atoms with Gasteiger partial charge >= 0.3 is 0 Å². The van der Waals surface area contributed by atoms with Gasteiger partial charge in [0.15, 0.2) is 0 Å². The fraction of sp³-hybridized carbons (Fsp3) is 0.409. The first-order valence-corrected chi connectivity index (χ1v) is 11.1. The monoisotopic (exact) mass is 437 g/mol. The van der Waals surface area contributed by atoms with E-state index < -0.39 is 0 Å². The number of benzene rings is 1. The van der Waals surface area contributed by atoms with Crippen LogP contribution in [0.15, 0.2) is 29.3 Å². The van der Waals surface area contributed by atoms with Gasteiger partial charge in [-0.25, -0.2) is 0 Å². The molecule has 2 bridgehead atoms. The Morgan fingerprint density at radius 2 is 2.13 bits per heavy atom. The van der Waals surface area contributed by atoms with Crippen LogP contribution < -0.4 is 15.8 Å². The Morgan fingerprint density at radius 3 is 2.94 bits per heavy atom. The third kappa shape index (κ3) is 2.81. The summed E-state index contributed by atoms with van der Waals surface area (Å²) in [6.45, 7) is 5.65. The number of anilines is 1. The van der Waals surface area contributed by atoms with E-state index in [2.05, 4.69) is 20.3 Å². The van der Waals surface area contributed by atoms with E-state index in [9.17, 15) is 4.79 Å². The van der Waals surface area contributed by atoms with E-state index in [1.54, 1.807) is 11.6 Å². The molecular formula is C22H24ClN7O. The molecule has 4 aromatic rings. The Bertz CT molecular complexity index is 1370. The number of hydrogen-bond acceptors (Lipinski definition) is 5. The molecule has 0 unspecified atom stereocenters. The molecule has 3 aromatic heterocycles. The molecule has 0 radical (unpaired) electrons. The van der Waals surface area contributed by atoms with E-state index in [1.807, 2.05) is 36.1 Å². The third-order valence-electron chi connectivity index (χ3n) is 6.69. The first-order chi connectivity index (χ1) is 15.0. The Labute approximate surface area is 183 Å². The van der Waals surface area contributed by atoms with Gasteiger partial charge in [-0.1, -0.05) is 17.7 Å². The van der Waals surface area contributed by atoms with Crippen molar-refractivity contribution in [2.24, 2.45) is 13.0 Å². The Balaban J connectivity index is 1.49. The van der Waals surface area contributed by atoms with E-state index in [0.29, 0.717) is 28.0 Å². The molecule has 2 N–H and O–H groups in total. The van der Waals surface area contributed by atoms with Crippen molar-refractivity contribution in [2.45, 2.75) is 25.9 Å². The average Bonchev–Trinajstić information content (AvgIpc) is 3.47. The fourth-order valence-electron chi connectivity index (χ4n) is 5.12. The lowest BCUT2D eigenvalue weighted by molar-refractivity contribution is 0.464. The molecule has 2 atom stereocenters. The minimum absolute atomic E-state index is 0.0671. The molecule has 2 aliphatic heterocycles. The SMILES string of the molecule is CCn1cc2c(Cl)c(-c3c[nH]c4nc(N5C[C@@H]6CN[C@@H](C6)C5)n(C)c(=O)c34)ccc2n1. The molecule has 5 heterocycles. The maximum absolute atomic E-state index is 13.5. The minimum Gasteiger partial charge on any atom is -0.345 e. The lowest BCUT2D eigenvalue weighted by atomic mass is 10.0. The van der Waals surface area contributed by atoms with Crippen LogP contribution in [0.1, 0.15) is 13.3 Å². The number of aromatic amines is 1. The zero-order valence-electron chi connectivity index (χ0n) is 17.5. The Kier molecular flexibility index (Phi) is 4.16. The lowest BCUT2D eigenvalue weighted by Crippen LogP contribution is -2.43. The molecule has 2 aliphatic rings. The number of halogens is 1. The molecule has 31 heavy (non-hydrogen) atoms. The summed E-state index contributed by atoms with van der Waals surface area (Å²) in [5.74, 6) is 1.33. The van der Waals surface area contributed by atoms with Crippen LogP contribution in [-0.2, 0) is 13.6 Å². The van der Waals surface area contributed by atoms with E-state index >= 15 is 0 Å². The summed E-state index contributed by atoms with van der Waals surface area (Å²) in [6, 6.07) is 4.35. The first kappa shape index (κ1) is 18.9. The van der Waals surface area contributed by atoms with Crippen LogP contribution in [0, 0.1) is 5.92 Å². The summed E-state index contributed by atoms with van der Waals surface area (Å²) in [4.78, 5) is 23.8. The van der Waals surface area contributed by atoms with Gasteiger partial charge in [-0.2, -0.15) is 10.1 Å². The van der Waals surface area contributed by atoms with Crippen molar-refractivity contribution in [3.63, 3.8) is 0 Å². The van der Waals surface area contributed by atoms with Crippen molar-refractivity contribution in [2.75, 3.05) is 24.5 Å². The number of aromatic nitrogens is 5. The van der Waals surface area contributed by atoms with Crippen molar-refractivity contribution < 1.29 is 0 Å². The second kappa shape index (κ2) is 6.83. The van der Waals surface area contributed by atoms with Gasteiger partial charge in [-0.05, 0) is 25.3 Å². The normalized spacial score (nSPS) is 20.9. The summed E-state index contributed by atoms with van der Waals surface area (Å²) < 4.78 is 3.54. The van der Waals surface area contributed by atoms with E-state index in [0.717, 1.165) is 54.2 Å². The number of aryl methyl sites for hydroxylation is 1.